The smallest absolute Gasteiger partial charge is 0.190 e. The molecule has 4 rings (SSSR count). The average molecular weight is 369 g/mol. The Morgan fingerprint density at radius 3 is 2.69 bits per heavy atom. The van der Waals surface area contributed by atoms with Crippen LogP contribution >= 0.6 is 11.6 Å². The van der Waals surface area contributed by atoms with Gasteiger partial charge in [0.2, 0.25) is 0 Å². The standard InChI is InChI=1S/C21H20ClFN3/c1-25-8-10-26(11-9-25)14-15-2-4-17(20(23)12-15)16-3-5-18-19(22)6-7-24-21(18)13-16/h2-6,12-13H,8-11,14H2,1H3/q+1. The number of likely N-dealkylation sites (N-methyl/N-ethyl adjacent to an activating group) is 1. The number of hydrogen-bond acceptors (Lipinski definition) is 3. The van der Waals surface area contributed by atoms with E-state index < -0.39 is 0 Å². The van der Waals surface area contributed by atoms with E-state index in [1.54, 1.807) is 12.1 Å². The number of fused-ring (bicyclic) bond motifs is 1. The lowest BCUT2D eigenvalue weighted by molar-refractivity contribution is 0.148. The summed E-state index contributed by atoms with van der Waals surface area (Å²) in [5.74, 6) is -0.206. The molecule has 26 heavy (non-hydrogen) atoms. The fourth-order valence-corrected chi connectivity index (χ4v) is 3.59. The molecular weight excluding hydrogens is 349 g/mol. The van der Waals surface area contributed by atoms with Gasteiger partial charge in [0.05, 0.1) is 0 Å². The van der Waals surface area contributed by atoms with Crippen LogP contribution in [-0.2, 0) is 6.54 Å². The van der Waals surface area contributed by atoms with Gasteiger partial charge in [-0.3, -0.25) is 4.90 Å². The van der Waals surface area contributed by atoms with E-state index in [1.807, 2.05) is 30.3 Å². The van der Waals surface area contributed by atoms with E-state index in [2.05, 4.69) is 28.0 Å². The Balaban J connectivity index is 1.58. The predicted octanol–water partition coefficient (Wildman–Crippen LogP) is 2.54. The van der Waals surface area contributed by atoms with Gasteiger partial charge in [0.25, 0.3) is 0 Å². The van der Waals surface area contributed by atoms with Gasteiger partial charge in [0.15, 0.2) is 16.6 Å². The van der Waals surface area contributed by atoms with Crippen molar-refractivity contribution in [1.29, 1.82) is 0 Å². The summed E-state index contributed by atoms with van der Waals surface area (Å²) in [6.45, 7) is 4.95. The van der Waals surface area contributed by atoms with Crippen LogP contribution in [0.25, 0.3) is 16.2 Å². The van der Waals surface area contributed by atoms with Crippen LogP contribution < -0.4 is 10.6 Å². The second-order valence-electron chi connectivity index (χ2n) is 6.86. The first-order chi connectivity index (χ1) is 12.6. The molecule has 3 nitrogen and oxygen atoms in total. The van der Waals surface area contributed by atoms with Gasteiger partial charge in [-0.1, -0.05) is 17.1 Å². The molecule has 0 aromatic heterocycles. The maximum Gasteiger partial charge on any atom is 0.190 e. The zero-order chi connectivity index (χ0) is 18.1. The summed E-state index contributed by atoms with van der Waals surface area (Å²) < 4.78 is 14.8. The van der Waals surface area contributed by atoms with Crippen molar-refractivity contribution in [3.63, 3.8) is 0 Å². The highest BCUT2D eigenvalue weighted by molar-refractivity contribution is 6.47. The monoisotopic (exact) mass is 368 g/mol. The van der Waals surface area contributed by atoms with Crippen molar-refractivity contribution in [3.8, 4) is 11.1 Å². The summed E-state index contributed by atoms with van der Waals surface area (Å²) in [5.41, 5.74) is 2.38. The highest BCUT2D eigenvalue weighted by Gasteiger charge is 2.16. The number of allylic oxidation sites excluding steroid dienone is 1. The first-order valence-electron chi connectivity index (χ1n) is 8.76. The Morgan fingerprint density at radius 1 is 1.12 bits per heavy atom. The van der Waals surface area contributed by atoms with Crippen LogP contribution in [-0.4, -0.2) is 43.0 Å². The quantitative estimate of drug-likeness (QED) is 0.775. The molecule has 2 heterocycles. The van der Waals surface area contributed by atoms with Crippen molar-refractivity contribution in [2.75, 3.05) is 33.2 Å². The van der Waals surface area contributed by atoms with E-state index in [-0.39, 0.29) is 5.82 Å². The van der Waals surface area contributed by atoms with E-state index >= 15 is 0 Å². The minimum absolute atomic E-state index is 0.206. The van der Waals surface area contributed by atoms with Gasteiger partial charge in [-0.2, -0.15) is 0 Å². The number of benzene rings is 2. The number of piperazine rings is 1. The molecule has 2 aliphatic rings. The van der Waals surface area contributed by atoms with Crippen LogP contribution in [0, 0.1) is 12.0 Å². The van der Waals surface area contributed by atoms with E-state index in [9.17, 15) is 4.39 Å². The number of hydrogen-bond donors (Lipinski definition) is 0. The number of nitrogens with zero attached hydrogens (tertiary/aromatic N) is 3. The zero-order valence-corrected chi connectivity index (χ0v) is 15.4. The molecule has 1 fully saturated rings. The third kappa shape index (κ3) is 3.55. The Hall–Kier alpha value is -2.10. The Kier molecular flexibility index (Phi) is 4.84. The fraction of sp³-hybridized carbons (Fsp3) is 0.286. The van der Waals surface area contributed by atoms with Crippen LogP contribution in [0.2, 0.25) is 0 Å². The molecule has 1 saturated heterocycles. The molecular formula is C21H20ClFN3+. The third-order valence-electron chi connectivity index (χ3n) is 4.98. The van der Waals surface area contributed by atoms with Gasteiger partial charge in [0, 0.05) is 61.5 Å². The lowest BCUT2D eigenvalue weighted by atomic mass is 10.0. The topological polar surface area (TPSA) is 18.8 Å². The summed E-state index contributed by atoms with van der Waals surface area (Å²) >= 11 is 6.16. The molecule has 2 aliphatic heterocycles. The SMILES string of the molecule is CN1CCN(Cc2ccc(-c3ccc4c(c3)=N[C+]=CC=4Cl)c(F)c2)CC1. The average Bonchev–Trinajstić information content (AvgIpc) is 2.64. The summed E-state index contributed by atoms with van der Waals surface area (Å²) in [6, 6.07) is 11.1. The lowest BCUT2D eigenvalue weighted by Gasteiger charge is -2.32. The van der Waals surface area contributed by atoms with Gasteiger partial charge < -0.3 is 4.90 Å². The zero-order valence-electron chi connectivity index (χ0n) is 14.7. The molecule has 2 aromatic rings. The van der Waals surface area contributed by atoms with E-state index in [0.29, 0.717) is 10.6 Å². The molecule has 0 radical (unpaired) electrons. The predicted molar refractivity (Wildman–Crippen MR) is 102 cm³/mol. The van der Waals surface area contributed by atoms with Gasteiger partial charge in [-0.15, -0.1) is 0 Å². The second-order valence-corrected chi connectivity index (χ2v) is 7.27. The van der Waals surface area contributed by atoms with Crippen molar-refractivity contribution in [1.82, 2.24) is 9.80 Å². The van der Waals surface area contributed by atoms with Crippen molar-refractivity contribution in [2.45, 2.75) is 6.54 Å². The number of halogens is 2. The van der Waals surface area contributed by atoms with Crippen LogP contribution in [0.4, 0.5) is 4.39 Å². The first-order valence-corrected chi connectivity index (χ1v) is 9.14. The lowest BCUT2D eigenvalue weighted by Crippen LogP contribution is -2.43. The highest BCUT2D eigenvalue weighted by atomic mass is 35.5. The van der Waals surface area contributed by atoms with E-state index in [1.165, 1.54) is 0 Å². The molecule has 0 unspecified atom stereocenters. The molecule has 0 saturated carbocycles. The summed E-state index contributed by atoms with van der Waals surface area (Å²) in [6.07, 6.45) is 4.41. The van der Waals surface area contributed by atoms with Gasteiger partial charge >= 0.3 is 0 Å². The maximum atomic E-state index is 14.8. The minimum atomic E-state index is -0.206. The largest absolute Gasteiger partial charge is 0.304 e. The molecule has 2 aromatic carbocycles. The molecule has 0 atom stereocenters. The Morgan fingerprint density at radius 2 is 1.92 bits per heavy atom. The van der Waals surface area contributed by atoms with Crippen LogP contribution in [0.3, 0.4) is 0 Å². The van der Waals surface area contributed by atoms with Crippen molar-refractivity contribution in [3.05, 3.63) is 70.6 Å². The molecule has 0 amide bonds. The highest BCUT2D eigenvalue weighted by Crippen LogP contribution is 2.23. The molecule has 0 aliphatic carbocycles. The first kappa shape index (κ1) is 17.3. The van der Waals surface area contributed by atoms with Gasteiger partial charge in [0.1, 0.15) is 17.1 Å². The third-order valence-corrected chi connectivity index (χ3v) is 5.29. The molecule has 0 spiro atoms. The normalized spacial score (nSPS) is 17.6. The molecule has 0 N–H and O–H groups in total. The van der Waals surface area contributed by atoms with Crippen molar-refractivity contribution >= 4 is 16.6 Å². The molecule has 132 valence electrons. The van der Waals surface area contributed by atoms with E-state index in [0.717, 1.165) is 54.4 Å². The molecule has 5 heteroatoms. The van der Waals surface area contributed by atoms with Crippen LogP contribution in [0.15, 0.2) is 47.5 Å². The summed E-state index contributed by atoms with van der Waals surface area (Å²) in [5, 5.41) is 2.17. The van der Waals surface area contributed by atoms with Gasteiger partial charge in [-0.05, 0) is 30.8 Å². The Bertz CT molecular complexity index is 975. The minimum Gasteiger partial charge on any atom is -0.304 e. The summed E-state index contributed by atoms with van der Waals surface area (Å²) in [7, 11) is 2.13. The maximum absolute atomic E-state index is 14.8. The van der Waals surface area contributed by atoms with Crippen LogP contribution in [0.1, 0.15) is 5.56 Å². The second kappa shape index (κ2) is 7.26. The molecule has 0 bridgehead atoms. The Labute approximate surface area is 157 Å². The van der Waals surface area contributed by atoms with Crippen molar-refractivity contribution < 1.29 is 4.39 Å². The number of rotatable bonds is 3. The van der Waals surface area contributed by atoms with Crippen molar-refractivity contribution in [2.24, 2.45) is 4.99 Å². The van der Waals surface area contributed by atoms with Gasteiger partial charge in [-0.25, -0.2) is 4.39 Å². The van der Waals surface area contributed by atoms with E-state index in [4.69, 9.17) is 11.6 Å². The summed E-state index contributed by atoms with van der Waals surface area (Å²) in [4.78, 5) is 8.90. The fourth-order valence-electron chi connectivity index (χ4n) is 3.39. The van der Waals surface area contributed by atoms with Crippen LogP contribution in [0.5, 0.6) is 0 Å².